The number of nitrogens with one attached hydrogen (secondary N) is 2. The Morgan fingerprint density at radius 2 is 2.07 bits per heavy atom. The van der Waals surface area contributed by atoms with E-state index in [0.717, 1.165) is 46.3 Å². The molecule has 3 aromatic heterocycles. The molecule has 0 bridgehead atoms. The van der Waals surface area contributed by atoms with Crippen molar-refractivity contribution in [1.82, 2.24) is 29.8 Å². The maximum absolute atomic E-state index is 12.7. The quantitative estimate of drug-likeness (QED) is 0.514. The van der Waals surface area contributed by atoms with Gasteiger partial charge in [-0.25, -0.2) is 15.0 Å². The molecule has 0 saturated carbocycles. The van der Waals surface area contributed by atoms with Crippen molar-refractivity contribution in [2.24, 2.45) is 0 Å². The van der Waals surface area contributed by atoms with E-state index in [4.69, 9.17) is 0 Å². The van der Waals surface area contributed by atoms with E-state index in [1.54, 1.807) is 12.4 Å². The van der Waals surface area contributed by atoms with E-state index in [-0.39, 0.29) is 5.56 Å². The first-order chi connectivity index (χ1) is 13.7. The number of rotatable bonds is 3. The van der Waals surface area contributed by atoms with Gasteiger partial charge in [0, 0.05) is 60.0 Å². The van der Waals surface area contributed by atoms with Gasteiger partial charge in [0.05, 0.1) is 16.8 Å². The molecule has 140 valence electrons. The zero-order valence-corrected chi connectivity index (χ0v) is 16.5. The molecule has 0 saturated heterocycles. The van der Waals surface area contributed by atoms with Gasteiger partial charge in [-0.2, -0.15) is 0 Å². The average Bonchev–Trinajstić information content (AvgIpc) is 3.10. The molecule has 2 N–H and O–H groups in total. The number of H-pyrrole nitrogens is 2. The summed E-state index contributed by atoms with van der Waals surface area (Å²) < 4.78 is 1.05. The predicted octanol–water partition coefficient (Wildman–Crippen LogP) is 3.03. The molecule has 0 unspecified atom stereocenters. The number of aromatic amines is 2. The van der Waals surface area contributed by atoms with Crippen LogP contribution < -0.4 is 5.56 Å². The molecule has 28 heavy (non-hydrogen) atoms. The smallest absolute Gasteiger partial charge is 0.255 e. The van der Waals surface area contributed by atoms with Gasteiger partial charge >= 0.3 is 0 Å². The van der Waals surface area contributed by atoms with E-state index in [0.29, 0.717) is 12.4 Å². The summed E-state index contributed by atoms with van der Waals surface area (Å²) in [7, 11) is 0. The summed E-state index contributed by atoms with van der Waals surface area (Å²) in [5, 5.41) is 1.21. The molecule has 0 amide bonds. The zero-order chi connectivity index (χ0) is 19.1. The molecule has 8 heteroatoms. The highest BCUT2D eigenvalue weighted by molar-refractivity contribution is 9.10. The molecule has 7 nitrogen and oxygen atoms in total. The van der Waals surface area contributed by atoms with E-state index in [2.05, 4.69) is 63.9 Å². The third kappa shape index (κ3) is 3.14. The Kier molecular flexibility index (Phi) is 4.29. The second kappa shape index (κ2) is 6.96. The van der Waals surface area contributed by atoms with Crippen molar-refractivity contribution in [3.8, 4) is 11.4 Å². The Bertz CT molecular complexity index is 1220. The first-order valence-corrected chi connectivity index (χ1v) is 9.82. The van der Waals surface area contributed by atoms with Crippen LogP contribution in [0.1, 0.15) is 16.8 Å². The van der Waals surface area contributed by atoms with Crippen LogP contribution in [0.3, 0.4) is 0 Å². The third-order valence-corrected chi connectivity index (χ3v) is 5.60. The molecular formula is C20H17BrN6O. The summed E-state index contributed by atoms with van der Waals surface area (Å²) in [6.45, 7) is 2.23. The fourth-order valence-corrected chi connectivity index (χ4v) is 4.07. The van der Waals surface area contributed by atoms with Crippen LogP contribution in [0.15, 0.2) is 52.4 Å². The molecule has 0 fully saturated rings. The molecule has 5 rings (SSSR count). The Balaban J connectivity index is 1.41. The number of hydrogen-bond acceptors (Lipinski definition) is 5. The molecule has 4 aromatic rings. The lowest BCUT2D eigenvalue weighted by molar-refractivity contribution is 0.242. The zero-order valence-electron chi connectivity index (χ0n) is 14.9. The maximum atomic E-state index is 12.7. The van der Waals surface area contributed by atoms with Crippen molar-refractivity contribution in [2.45, 2.75) is 19.5 Å². The molecule has 1 aromatic carbocycles. The summed E-state index contributed by atoms with van der Waals surface area (Å²) in [5.41, 5.74) is 4.58. The lowest BCUT2D eigenvalue weighted by Crippen LogP contribution is -2.35. The van der Waals surface area contributed by atoms with Gasteiger partial charge in [-0.1, -0.05) is 22.0 Å². The maximum Gasteiger partial charge on any atom is 0.255 e. The molecule has 0 atom stereocenters. The molecule has 1 aliphatic heterocycles. The van der Waals surface area contributed by atoms with Gasteiger partial charge in [-0.3, -0.25) is 9.69 Å². The van der Waals surface area contributed by atoms with E-state index in [9.17, 15) is 4.79 Å². The minimum Gasteiger partial charge on any atom is -0.361 e. The van der Waals surface area contributed by atoms with Crippen LogP contribution in [-0.2, 0) is 19.5 Å². The molecule has 1 aliphatic rings. The summed E-state index contributed by atoms with van der Waals surface area (Å²) in [6, 6.07) is 6.24. The topological polar surface area (TPSA) is 90.6 Å². The highest BCUT2D eigenvalue weighted by atomic mass is 79.9. The molecule has 0 radical (unpaired) electrons. The van der Waals surface area contributed by atoms with Crippen LogP contribution in [0.2, 0.25) is 0 Å². The van der Waals surface area contributed by atoms with Crippen LogP contribution in [0, 0.1) is 0 Å². The normalized spacial score (nSPS) is 14.3. The summed E-state index contributed by atoms with van der Waals surface area (Å²) in [4.78, 5) is 33.8. The number of fused-ring (bicyclic) bond motifs is 2. The first kappa shape index (κ1) is 17.3. The van der Waals surface area contributed by atoms with E-state index < -0.39 is 0 Å². The Morgan fingerprint density at radius 1 is 1.21 bits per heavy atom. The van der Waals surface area contributed by atoms with E-state index in [1.807, 2.05) is 6.20 Å². The number of aromatic nitrogens is 5. The number of halogens is 1. The molecular weight excluding hydrogens is 420 g/mol. The van der Waals surface area contributed by atoms with Gasteiger partial charge in [-0.15, -0.1) is 0 Å². The SMILES string of the molecule is O=c1[nH]c(-c2cncnc2)nc2c1CN(Cc1c[nH]c3cc(Br)ccc13)CC2. The highest BCUT2D eigenvalue weighted by Gasteiger charge is 2.22. The van der Waals surface area contributed by atoms with Gasteiger partial charge in [0.2, 0.25) is 0 Å². The second-order valence-electron chi connectivity index (χ2n) is 6.93. The minimum atomic E-state index is -0.0867. The predicted molar refractivity (Wildman–Crippen MR) is 110 cm³/mol. The summed E-state index contributed by atoms with van der Waals surface area (Å²) in [6.07, 6.45) is 7.56. The molecule has 0 spiro atoms. The van der Waals surface area contributed by atoms with Gasteiger partial charge in [-0.05, 0) is 17.7 Å². The Hall–Kier alpha value is -2.84. The van der Waals surface area contributed by atoms with Gasteiger partial charge < -0.3 is 9.97 Å². The monoisotopic (exact) mass is 436 g/mol. The minimum absolute atomic E-state index is 0.0867. The van der Waals surface area contributed by atoms with Crippen LogP contribution in [0.5, 0.6) is 0 Å². The lowest BCUT2D eigenvalue weighted by Gasteiger charge is -2.27. The van der Waals surface area contributed by atoms with Crippen molar-refractivity contribution >= 4 is 26.8 Å². The number of hydrogen-bond donors (Lipinski definition) is 2. The van der Waals surface area contributed by atoms with E-state index >= 15 is 0 Å². The largest absolute Gasteiger partial charge is 0.361 e. The third-order valence-electron chi connectivity index (χ3n) is 5.11. The number of benzene rings is 1. The Labute approximate surface area is 169 Å². The average molecular weight is 437 g/mol. The van der Waals surface area contributed by atoms with Crippen molar-refractivity contribution < 1.29 is 0 Å². The first-order valence-electron chi connectivity index (χ1n) is 9.03. The van der Waals surface area contributed by atoms with Gasteiger partial charge in [0.1, 0.15) is 12.2 Å². The van der Waals surface area contributed by atoms with Crippen molar-refractivity contribution in [3.63, 3.8) is 0 Å². The molecule has 4 heterocycles. The van der Waals surface area contributed by atoms with Crippen LogP contribution in [-0.4, -0.2) is 36.4 Å². The van der Waals surface area contributed by atoms with Gasteiger partial charge in [0.15, 0.2) is 0 Å². The fraction of sp³-hybridized carbons (Fsp3) is 0.200. The van der Waals surface area contributed by atoms with Crippen LogP contribution >= 0.6 is 15.9 Å². The summed E-state index contributed by atoms with van der Waals surface area (Å²) in [5.74, 6) is 0.528. The number of nitrogens with zero attached hydrogens (tertiary/aromatic N) is 4. The van der Waals surface area contributed by atoms with Crippen LogP contribution in [0.4, 0.5) is 0 Å². The Morgan fingerprint density at radius 3 is 2.93 bits per heavy atom. The van der Waals surface area contributed by atoms with Crippen molar-refractivity contribution in [3.05, 3.63) is 74.8 Å². The van der Waals surface area contributed by atoms with Crippen molar-refractivity contribution in [2.75, 3.05) is 6.54 Å². The highest BCUT2D eigenvalue weighted by Crippen LogP contribution is 2.25. The molecule has 0 aliphatic carbocycles. The summed E-state index contributed by atoms with van der Waals surface area (Å²) >= 11 is 3.51. The van der Waals surface area contributed by atoms with Crippen LogP contribution in [0.25, 0.3) is 22.3 Å². The second-order valence-corrected chi connectivity index (χ2v) is 7.85. The van der Waals surface area contributed by atoms with Crippen molar-refractivity contribution in [1.29, 1.82) is 0 Å². The lowest BCUT2D eigenvalue weighted by atomic mass is 10.1. The van der Waals surface area contributed by atoms with E-state index in [1.165, 1.54) is 17.3 Å². The standard InChI is InChI=1S/C20H17BrN6O/c21-14-1-2-15-13(8-24-18(15)5-14)9-27-4-3-17-16(10-27)20(28)26-19(25-17)12-6-22-11-23-7-12/h1-2,5-8,11,24H,3-4,9-10H2,(H,25,26,28). The fourth-order valence-electron chi connectivity index (χ4n) is 3.70. The van der Waals surface area contributed by atoms with Gasteiger partial charge in [0.25, 0.3) is 5.56 Å².